The van der Waals surface area contributed by atoms with Crippen LogP contribution in [0.15, 0.2) is 22.6 Å². The van der Waals surface area contributed by atoms with Gasteiger partial charge in [-0.05, 0) is 17.7 Å². The number of nitrogens with zero attached hydrogens (tertiary/aromatic N) is 1. The van der Waals surface area contributed by atoms with Crippen LogP contribution in [0.4, 0.5) is 0 Å². The van der Waals surface area contributed by atoms with E-state index in [-0.39, 0.29) is 6.61 Å². The van der Waals surface area contributed by atoms with Crippen molar-refractivity contribution < 1.29 is 22.5 Å². The summed E-state index contributed by atoms with van der Waals surface area (Å²) in [5, 5.41) is 8.74. The van der Waals surface area contributed by atoms with Gasteiger partial charge < -0.3 is 9.52 Å². The molecule has 17 heavy (non-hydrogen) atoms. The standard InChI is InChI=1S/C10H11NO5S/c12-4-3-10-11-8-2-1-7(5-9(8)16-10)6-17(13,14)15/h1-2,5,12H,3-4,6H2,(H,13,14,15). The van der Waals surface area contributed by atoms with E-state index in [4.69, 9.17) is 14.1 Å². The van der Waals surface area contributed by atoms with Crippen LogP contribution in [0.25, 0.3) is 11.1 Å². The predicted molar refractivity (Wildman–Crippen MR) is 60.1 cm³/mol. The minimum atomic E-state index is -4.05. The van der Waals surface area contributed by atoms with E-state index in [0.29, 0.717) is 29.0 Å². The second kappa shape index (κ2) is 4.44. The van der Waals surface area contributed by atoms with Crippen LogP contribution in [0.5, 0.6) is 0 Å². The molecular formula is C10H11NO5S. The molecule has 1 aromatic carbocycles. The summed E-state index contributed by atoms with van der Waals surface area (Å²) in [6.07, 6.45) is 0.308. The number of hydrogen-bond acceptors (Lipinski definition) is 5. The van der Waals surface area contributed by atoms with Gasteiger partial charge in [-0.15, -0.1) is 0 Å². The van der Waals surface area contributed by atoms with Crippen LogP contribution in [-0.4, -0.2) is 29.7 Å². The third-order valence-electron chi connectivity index (χ3n) is 2.17. The summed E-state index contributed by atoms with van der Waals surface area (Å²) >= 11 is 0. The molecule has 1 heterocycles. The van der Waals surface area contributed by atoms with Gasteiger partial charge >= 0.3 is 0 Å². The van der Waals surface area contributed by atoms with E-state index in [0.717, 1.165) is 0 Å². The van der Waals surface area contributed by atoms with Crippen LogP contribution in [0.3, 0.4) is 0 Å². The van der Waals surface area contributed by atoms with Crippen LogP contribution in [0, 0.1) is 0 Å². The normalized spacial score (nSPS) is 12.1. The highest BCUT2D eigenvalue weighted by atomic mass is 32.2. The van der Waals surface area contributed by atoms with Gasteiger partial charge in [-0.25, -0.2) is 4.98 Å². The SMILES string of the molecule is O=S(=O)(O)Cc1ccc2nc(CCO)oc2c1. The molecule has 1 aromatic heterocycles. The molecule has 0 saturated heterocycles. The molecule has 0 aliphatic heterocycles. The number of rotatable bonds is 4. The highest BCUT2D eigenvalue weighted by Gasteiger charge is 2.10. The fraction of sp³-hybridized carbons (Fsp3) is 0.300. The lowest BCUT2D eigenvalue weighted by atomic mass is 10.2. The van der Waals surface area contributed by atoms with Gasteiger partial charge in [-0.1, -0.05) is 6.07 Å². The molecule has 0 bridgehead atoms. The molecule has 2 rings (SSSR count). The fourth-order valence-corrected chi connectivity index (χ4v) is 2.12. The van der Waals surface area contributed by atoms with Crippen LogP contribution in [0.2, 0.25) is 0 Å². The van der Waals surface area contributed by atoms with Gasteiger partial charge in [0.25, 0.3) is 10.1 Å². The van der Waals surface area contributed by atoms with Crippen molar-refractivity contribution in [2.45, 2.75) is 12.2 Å². The lowest BCUT2D eigenvalue weighted by Crippen LogP contribution is -2.01. The van der Waals surface area contributed by atoms with Crippen LogP contribution >= 0.6 is 0 Å². The van der Waals surface area contributed by atoms with Crippen molar-refractivity contribution in [1.29, 1.82) is 0 Å². The van der Waals surface area contributed by atoms with Crippen molar-refractivity contribution in [3.8, 4) is 0 Å². The van der Waals surface area contributed by atoms with E-state index in [1.165, 1.54) is 6.07 Å². The van der Waals surface area contributed by atoms with Crippen LogP contribution < -0.4 is 0 Å². The number of aliphatic hydroxyl groups is 1. The first-order valence-electron chi connectivity index (χ1n) is 4.92. The Balaban J connectivity index is 2.36. The van der Waals surface area contributed by atoms with E-state index >= 15 is 0 Å². The average Bonchev–Trinajstić information content (AvgIpc) is 2.57. The number of aliphatic hydroxyl groups excluding tert-OH is 1. The summed E-state index contributed by atoms with van der Waals surface area (Å²) in [6.45, 7) is -0.0648. The van der Waals surface area contributed by atoms with Crippen molar-refractivity contribution in [3.05, 3.63) is 29.7 Å². The largest absolute Gasteiger partial charge is 0.441 e. The van der Waals surface area contributed by atoms with Gasteiger partial charge in [0.15, 0.2) is 11.5 Å². The number of hydrogen-bond donors (Lipinski definition) is 2. The minimum Gasteiger partial charge on any atom is -0.441 e. The van der Waals surface area contributed by atoms with Crippen LogP contribution in [-0.2, 0) is 22.3 Å². The monoisotopic (exact) mass is 257 g/mol. The number of fused-ring (bicyclic) bond motifs is 1. The van der Waals surface area contributed by atoms with E-state index in [2.05, 4.69) is 4.98 Å². The first kappa shape index (κ1) is 12.0. The molecular weight excluding hydrogens is 246 g/mol. The van der Waals surface area contributed by atoms with E-state index < -0.39 is 15.9 Å². The molecule has 7 heteroatoms. The molecule has 92 valence electrons. The Kier molecular flexibility index (Phi) is 3.14. The quantitative estimate of drug-likeness (QED) is 0.784. The first-order chi connectivity index (χ1) is 7.98. The molecule has 0 aliphatic carbocycles. The molecule has 0 saturated carbocycles. The van der Waals surface area contributed by atoms with E-state index in [1.807, 2.05) is 0 Å². The Morgan fingerprint density at radius 1 is 1.35 bits per heavy atom. The maximum atomic E-state index is 10.7. The summed E-state index contributed by atoms with van der Waals surface area (Å²) in [6, 6.07) is 4.68. The summed E-state index contributed by atoms with van der Waals surface area (Å²) in [7, 11) is -4.05. The molecule has 0 spiro atoms. The van der Waals surface area contributed by atoms with Crippen molar-refractivity contribution in [2.75, 3.05) is 6.61 Å². The molecule has 2 aromatic rings. The molecule has 0 fully saturated rings. The van der Waals surface area contributed by atoms with Crippen LogP contribution in [0.1, 0.15) is 11.5 Å². The molecule has 0 atom stereocenters. The summed E-state index contributed by atoms with van der Waals surface area (Å²) in [4.78, 5) is 4.10. The fourth-order valence-electron chi connectivity index (χ4n) is 1.52. The van der Waals surface area contributed by atoms with Crippen molar-refractivity contribution in [1.82, 2.24) is 4.98 Å². The molecule has 0 aliphatic rings. The molecule has 0 amide bonds. The second-order valence-electron chi connectivity index (χ2n) is 3.61. The second-order valence-corrected chi connectivity index (χ2v) is 5.06. The molecule has 6 nitrogen and oxygen atoms in total. The van der Waals surface area contributed by atoms with E-state index in [9.17, 15) is 8.42 Å². The molecule has 2 N–H and O–H groups in total. The van der Waals surface area contributed by atoms with Gasteiger partial charge in [0.1, 0.15) is 11.3 Å². The van der Waals surface area contributed by atoms with Gasteiger partial charge in [-0.3, -0.25) is 4.55 Å². The Labute approximate surface area is 97.6 Å². The maximum Gasteiger partial charge on any atom is 0.269 e. The van der Waals surface area contributed by atoms with Gasteiger partial charge in [0.05, 0.1) is 6.61 Å². The van der Waals surface area contributed by atoms with Gasteiger partial charge in [0.2, 0.25) is 0 Å². The zero-order valence-electron chi connectivity index (χ0n) is 8.83. The highest BCUT2D eigenvalue weighted by molar-refractivity contribution is 7.85. The smallest absolute Gasteiger partial charge is 0.269 e. The summed E-state index contributed by atoms with van der Waals surface area (Å²) < 4.78 is 35.5. The topological polar surface area (TPSA) is 101 Å². The number of aromatic nitrogens is 1. The zero-order chi connectivity index (χ0) is 12.5. The molecule has 0 unspecified atom stereocenters. The first-order valence-corrected chi connectivity index (χ1v) is 6.53. The lowest BCUT2D eigenvalue weighted by molar-refractivity contribution is 0.287. The number of benzene rings is 1. The minimum absolute atomic E-state index is 0.0648. The van der Waals surface area contributed by atoms with Gasteiger partial charge in [-0.2, -0.15) is 8.42 Å². The number of oxazole rings is 1. The Morgan fingerprint density at radius 2 is 2.12 bits per heavy atom. The highest BCUT2D eigenvalue weighted by Crippen LogP contribution is 2.18. The van der Waals surface area contributed by atoms with E-state index in [1.54, 1.807) is 12.1 Å². The third kappa shape index (κ3) is 3.02. The average molecular weight is 257 g/mol. The van der Waals surface area contributed by atoms with Gasteiger partial charge in [0, 0.05) is 6.42 Å². The predicted octanol–water partition coefficient (Wildman–Crippen LogP) is 0.750. The van der Waals surface area contributed by atoms with Crippen molar-refractivity contribution >= 4 is 21.2 Å². The Bertz CT molecular complexity index is 631. The summed E-state index contributed by atoms with van der Waals surface area (Å²) in [5.41, 5.74) is 1.45. The molecule has 0 radical (unpaired) electrons. The third-order valence-corrected chi connectivity index (χ3v) is 2.87. The summed E-state index contributed by atoms with van der Waals surface area (Å²) in [5.74, 6) is -0.0644. The lowest BCUT2D eigenvalue weighted by Gasteiger charge is -1.96. The maximum absolute atomic E-state index is 10.7. The zero-order valence-corrected chi connectivity index (χ0v) is 9.64. The van der Waals surface area contributed by atoms with Crippen molar-refractivity contribution in [2.24, 2.45) is 0 Å². The Hall–Kier alpha value is -1.44. The Morgan fingerprint density at radius 3 is 2.76 bits per heavy atom. The van der Waals surface area contributed by atoms with Crippen molar-refractivity contribution in [3.63, 3.8) is 0 Å².